The van der Waals surface area contributed by atoms with Gasteiger partial charge in [-0.1, -0.05) is 11.6 Å². The number of halogens is 4. The first-order valence-electron chi connectivity index (χ1n) is 7.01. The lowest BCUT2D eigenvalue weighted by atomic mass is 10.1. The van der Waals surface area contributed by atoms with E-state index in [-0.39, 0.29) is 11.4 Å². The number of rotatable bonds is 3. The van der Waals surface area contributed by atoms with Gasteiger partial charge in [0.1, 0.15) is 5.75 Å². The first-order valence-corrected chi connectivity index (χ1v) is 7.39. The SMILES string of the molecule is CC(=O)Nc1cc(C(F)(F)F)ccc1Oc1cc(C)c(Cl)c(C)c1. The lowest BCUT2D eigenvalue weighted by Gasteiger charge is -2.15. The third-order valence-corrected chi connectivity index (χ3v) is 3.85. The van der Waals surface area contributed by atoms with Crippen LogP contribution in [0.4, 0.5) is 18.9 Å². The molecule has 1 N–H and O–H groups in total. The Morgan fingerprint density at radius 1 is 1.12 bits per heavy atom. The van der Waals surface area contributed by atoms with Crippen molar-refractivity contribution in [3.63, 3.8) is 0 Å². The highest BCUT2D eigenvalue weighted by atomic mass is 35.5. The van der Waals surface area contributed by atoms with Crippen molar-refractivity contribution in [1.82, 2.24) is 0 Å². The zero-order chi connectivity index (χ0) is 18.1. The number of anilines is 1. The number of alkyl halides is 3. The van der Waals surface area contributed by atoms with Gasteiger partial charge in [-0.05, 0) is 55.3 Å². The van der Waals surface area contributed by atoms with Gasteiger partial charge < -0.3 is 10.1 Å². The Morgan fingerprint density at radius 3 is 2.21 bits per heavy atom. The molecule has 0 aliphatic rings. The standard InChI is InChI=1S/C17H15ClF3NO2/c1-9-6-13(7-10(2)16(9)18)24-15-5-4-12(17(19,20)21)8-14(15)22-11(3)23/h4-8H,1-3H3,(H,22,23). The predicted molar refractivity (Wildman–Crippen MR) is 86.7 cm³/mol. The highest BCUT2D eigenvalue weighted by Gasteiger charge is 2.31. The van der Waals surface area contributed by atoms with Crippen molar-refractivity contribution >= 4 is 23.2 Å². The fourth-order valence-corrected chi connectivity index (χ4v) is 2.28. The normalized spacial score (nSPS) is 11.3. The smallest absolute Gasteiger partial charge is 0.416 e. The lowest BCUT2D eigenvalue weighted by Crippen LogP contribution is -2.10. The van der Waals surface area contributed by atoms with Crippen LogP contribution in [0, 0.1) is 13.8 Å². The molecular weight excluding hydrogens is 343 g/mol. The number of hydrogen-bond acceptors (Lipinski definition) is 2. The van der Waals surface area contributed by atoms with E-state index < -0.39 is 17.6 Å². The van der Waals surface area contributed by atoms with Crippen LogP contribution in [0.5, 0.6) is 11.5 Å². The van der Waals surface area contributed by atoms with E-state index >= 15 is 0 Å². The summed E-state index contributed by atoms with van der Waals surface area (Å²) < 4.78 is 44.2. The number of carbonyl (C=O) groups is 1. The van der Waals surface area contributed by atoms with E-state index in [1.807, 2.05) is 0 Å². The fourth-order valence-electron chi connectivity index (χ4n) is 2.17. The van der Waals surface area contributed by atoms with Crippen molar-refractivity contribution < 1.29 is 22.7 Å². The van der Waals surface area contributed by atoms with E-state index in [1.54, 1.807) is 26.0 Å². The Morgan fingerprint density at radius 2 is 1.71 bits per heavy atom. The van der Waals surface area contributed by atoms with Gasteiger partial charge in [0.15, 0.2) is 5.75 Å². The Hall–Kier alpha value is -2.21. The van der Waals surface area contributed by atoms with Crippen LogP contribution in [0.2, 0.25) is 5.02 Å². The van der Waals surface area contributed by atoms with Crippen molar-refractivity contribution in [3.05, 3.63) is 52.0 Å². The minimum atomic E-state index is -4.51. The molecule has 0 saturated carbocycles. The average Bonchev–Trinajstić information content (AvgIpc) is 2.44. The summed E-state index contributed by atoms with van der Waals surface area (Å²) in [4.78, 5) is 11.3. The van der Waals surface area contributed by atoms with Gasteiger partial charge in [0.25, 0.3) is 0 Å². The minimum absolute atomic E-state index is 0.0532. The van der Waals surface area contributed by atoms with Crippen LogP contribution in [0.3, 0.4) is 0 Å². The van der Waals surface area contributed by atoms with Gasteiger partial charge in [-0.25, -0.2) is 0 Å². The molecule has 7 heteroatoms. The molecule has 0 radical (unpaired) electrons. The van der Waals surface area contributed by atoms with Crippen LogP contribution >= 0.6 is 11.6 Å². The van der Waals surface area contributed by atoms with Gasteiger partial charge in [0.05, 0.1) is 11.3 Å². The molecule has 0 saturated heterocycles. The molecule has 2 aromatic rings. The molecule has 128 valence electrons. The average molecular weight is 358 g/mol. The van der Waals surface area contributed by atoms with Gasteiger partial charge in [0, 0.05) is 11.9 Å². The maximum absolute atomic E-state index is 12.8. The Balaban J connectivity index is 2.44. The summed E-state index contributed by atoms with van der Waals surface area (Å²) in [6, 6.07) is 6.26. The molecular formula is C17H15ClF3NO2. The van der Waals surface area contributed by atoms with Crippen LogP contribution in [0.15, 0.2) is 30.3 Å². The van der Waals surface area contributed by atoms with E-state index in [9.17, 15) is 18.0 Å². The minimum Gasteiger partial charge on any atom is -0.455 e. The van der Waals surface area contributed by atoms with E-state index in [0.29, 0.717) is 10.8 Å². The molecule has 0 aliphatic carbocycles. The topological polar surface area (TPSA) is 38.3 Å². The molecule has 0 fully saturated rings. The number of benzene rings is 2. The summed E-state index contributed by atoms with van der Waals surface area (Å²) in [6.45, 7) is 4.80. The Kier molecular flexibility index (Phi) is 5.08. The molecule has 0 atom stereocenters. The summed E-state index contributed by atoms with van der Waals surface area (Å²) >= 11 is 6.09. The van der Waals surface area contributed by atoms with Crippen LogP contribution in [0.25, 0.3) is 0 Å². The van der Waals surface area contributed by atoms with Crippen LogP contribution in [-0.4, -0.2) is 5.91 Å². The second kappa shape index (κ2) is 6.73. The molecule has 2 rings (SSSR count). The van der Waals surface area contributed by atoms with Gasteiger partial charge in [-0.2, -0.15) is 13.2 Å². The number of hydrogen-bond donors (Lipinski definition) is 1. The maximum atomic E-state index is 12.8. The summed E-state index contributed by atoms with van der Waals surface area (Å²) in [7, 11) is 0. The number of ether oxygens (including phenoxy) is 1. The van der Waals surface area contributed by atoms with Gasteiger partial charge >= 0.3 is 6.18 Å². The first kappa shape index (κ1) is 18.1. The number of nitrogens with one attached hydrogen (secondary N) is 1. The molecule has 24 heavy (non-hydrogen) atoms. The van der Waals surface area contributed by atoms with Gasteiger partial charge in [-0.15, -0.1) is 0 Å². The molecule has 1 amide bonds. The first-order chi connectivity index (χ1) is 11.1. The predicted octanol–water partition coefficient (Wildman–Crippen LogP) is 5.73. The number of amides is 1. The molecule has 0 unspecified atom stereocenters. The molecule has 2 aromatic carbocycles. The van der Waals surface area contributed by atoms with E-state index in [4.69, 9.17) is 16.3 Å². The third kappa shape index (κ3) is 4.20. The third-order valence-electron chi connectivity index (χ3n) is 3.26. The highest BCUT2D eigenvalue weighted by Crippen LogP contribution is 2.37. The summed E-state index contributed by atoms with van der Waals surface area (Å²) in [5.74, 6) is 0.0303. The second-order valence-corrected chi connectivity index (χ2v) is 5.74. The van der Waals surface area contributed by atoms with Crippen LogP contribution in [-0.2, 0) is 11.0 Å². The molecule has 3 nitrogen and oxygen atoms in total. The van der Waals surface area contributed by atoms with Gasteiger partial charge in [-0.3, -0.25) is 4.79 Å². The van der Waals surface area contributed by atoms with E-state index in [0.717, 1.165) is 23.3 Å². The largest absolute Gasteiger partial charge is 0.455 e. The molecule has 0 aromatic heterocycles. The van der Waals surface area contributed by atoms with E-state index in [1.165, 1.54) is 13.0 Å². The zero-order valence-electron chi connectivity index (χ0n) is 13.2. The van der Waals surface area contributed by atoms with Crippen LogP contribution in [0.1, 0.15) is 23.6 Å². The molecule has 0 spiro atoms. The Labute approximate surface area is 142 Å². The second-order valence-electron chi connectivity index (χ2n) is 5.36. The quantitative estimate of drug-likeness (QED) is 0.762. The molecule has 0 aliphatic heterocycles. The summed E-state index contributed by atoms with van der Waals surface area (Å²) in [5, 5.41) is 2.95. The molecule has 0 bridgehead atoms. The van der Waals surface area contributed by atoms with Crippen LogP contribution < -0.4 is 10.1 Å². The zero-order valence-corrected chi connectivity index (χ0v) is 14.0. The fraction of sp³-hybridized carbons (Fsp3) is 0.235. The molecule has 0 heterocycles. The lowest BCUT2D eigenvalue weighted by molar-refractivity contribution is -0.137. The van der Waals surface area contributed by atoms with Gasteiger partial charge in [0.2, 0.25) is 5.91 Å². The maximum Gasteiger partial charge on any atom is 0.416 e. The van der Waals surface area contributed by atoms with Crippen molar-refractivity contribution in [3.8, 4) is 11.5 Å². The number of aryl methyl sites for hydroxylation is 2. The monoisotopic (exact) mass is 357 g/mol. The van der Waals surface area contributed by atoms with E-state index in [2.05, 4.69) is 5.32 Å². The van der Waals surface area contributed by atoms with Crippen molar-refractivity contribution in [2.24, 2.45) is 0 Å². The summed E-state index contributed by atoms with van der Waals surface area (Å²) in [6.07, 6.45) is -4.51. The van der Waals surface area contributed by atoms with Crippen molar-refractivity contribution in [2.75, 3.05) is 5.32 Å². The summed E-state index contributed by atoms with van der Waals surface area (Å²) in [5.41, 5.74) is 0.629. The van der Waals surface area contributed by atoms with Crippen molar-refractivity contribution in [2.45, 2.75) is 26.9 Å². The number of carbonyl (C=O) groups excluding carboxylic acids is 1. The Bertz CT molecular complexity index is 765. The highest BCUT2D eigenvalue weighted by molar-refractivity contribution is 6.32. The van der Waals surface area contributed by atoms with Crippen molar-refractivity contribution in [1.29, 1.82) is 0 Å².